The van der Waals surface area contributed by atoms with Crippen molar-refractivity contribution in [1.29, 1.82) is 0 Å². The molecule has 156 valence electrons. The normalized spacial score (nSPS) is 14.7. The lowest BCUT2D eigenvalue weighted by Crippen LogP contribution is -2.44. The molecule has 0 saturated carbocycles. The summed E-state index contributed by atoms with van der Waals surface area (Å²) in [5.41, 5.74) is 1.50. The number of benzene rings is 2. The number of carbonyl (C=O) groups excluding carboxylic acids is 2. The smallest absolute Gasteiger partial charge is 0.319 e. The van der Waals surface area contributed by atoms with Gasteiger partial charge in [-0.25, -0.2) is 13.6 Å². The summed E-state index contributed by atoms with van der Waals surface area (Å²) in [5, 5.41) is 9.86. The van der Waals surface area contributed by atoms with Gasteiger partial charge < -0.3 is 20.1 Å². The van der Waals surface area contributed by atoms with Crippen LogP contribution in [0.15, 0.2) is 47.0 Å². The van der Waals surface area contributed by atoms with Gasteiger partial charge in [0.25, 0.3) is 0 Å². The summed E-state index contributed by atoms with van der Waals surface area (Å²) in [6, 6.07) is 9.27. The molecule has 9 heteroatoms. The van der Waals surface area contributed by atoms with Crippen LogP contribution in [0.3, 0.4) is 0 Å². The first kappa shape index (κ1) is 19.8. The molecule has 2 heterocycles. The Labute approximate surface area is 171 Å². The van der Waals surface area contributed by atoms with E-state index in [2.05, 4.69) is 15.8 Å². The van der Waals surface area contributed by atoms with Crippen LogP contribution >= 0.6 is 0 Å². The average molecular weight is 414 g/mol. The number of hydrogen-bond acceptors (Lipinski definition) is 4. The zero-order chi connectivity index (χ0) is 21.1. The van der Waals surface area contributed by atoms with Crippen molar-refractivity contribution in [2.45, 2.75) is 18.8 Å². The van der Waals surface area contributed by atoms with Crippen LogP contribution in [-0.4, -0.2) is 41.6 Å². The number of anilines is 1. The zero-order valence-corrected chi connectivity index (χ0v) is 16.0. The Kier molecular flexibility index (Phi) is 5.60. The van der Waals surface area contributed by atoms with Gasteiger partial charge in [0.1, 0.15) is 11.6 Å². The van der Waals surface area contributed by atoms with Crippen LogP contribution < -0.4 is 10.6 Å². The largest absolute Gasteiger partial charge is 0.356 e. The van der Waals surface area contributed by atoms with Crippen LogP contribution in [0, 0.1) is 11.6 Å². The number of carbonyl (C=O) groups is 2. The first-order valence-corrected chi connectivity index (χ1v) is 9.62. The van der Waals surface area contributed by atoms with Gasteiger partial charge in [-0.3, -0.25) is 4.79 Å². The monoisotopic (exact) mass is 414 g/mol. The molecule has 1 saturated heterocycles. The fraction of sp³-hybridized carbons (Fsp3) is 0.286. The van der Waals surface area contributed by atoms with Crippen LogP contribution in [0.25, 0.3) is 11.0 Å². The third-order valence-electron chi connectivity index (χ3n) is 5.18. The third-order valence-corrected chi connectivity index (χ3v) is 5.18. The van der Waals surface area contributed by atoms with Crippen molar-refractivity contribution < 1.29 is 22.9 Å². The number of hydrogen-bond donors (Lipinski definition) is 2. The topological polar surface area (TPSA) is 87.5 Å². The maximum atomic E-state index is 13.3. The molecule has 0 unspecified atom stereocenters. The van der Waals surface area contributed by atoms with E-state index in [1.807, 2.05) is 0 Å². The van der Waals surface area contributed by atoms with E-state index in [0.717, 1.165) is 11.1 Å². The molecule has 0 atom stereocenters. The summed E-state index contributed by atoms with van der Waals surface area (Å²) in [4.78, 5) is 26.0. The Morgan fingerprint density at radius 3 is 2.63 bits per heavy atom. The number of nitrogens with zero attached hydrogens (tertiary/aromatic N) is 2. The number of aromatic nitrogens is 1. The van der Waals surface area contributed by atoms with Gasteiger partial charge in [-0.2, -0.15) is 0 Å². The van der Waals surface area contributed by atoms with Gasteiger partial charge in [0.15, 0.2) is 5.58 Å². The van der Waals surface area contributed by atoms with E-state index in [1.165, 1.54) is 30.3 Å². The molecule has 4 rings (SSSR count). The second kappa shape index (κ2) is 8.48. The van der Waals surface area contributed by atoms with E-state index >= 15 is 0 Å². The van der Waals surface area contributed by atoms with Crippen LogP contribution in [0.1, 0.15) is 24.5 Å². The minimum atomic E-state index is -0.579. The first-order chi connectivity index (χ1) is 14.5. The highest BCUT2D eigenvalue weighted by Gasteiger charge is 2.27. The highest BCUT2D eigenvalue weighted by molar-refractivity contribution is 5.92. The van der Waals surface area contributed by atoms with Crippen molar-refractivity contribution >= 4 is 28.6 Å². The molecular formula is C21H20F2N4O3. The predicted octanol–water partition coefficient (Wildman–Crippen LogP) is 3.63. The van der Waals surface area contributed by atoms with Crippen molar-refractivity contribution in [3.63, 3.8) is 0 Å². The summed E-state index contributed by atoms with van der Waals surface area (Å²) in [5.74, 6) is -0.920. The van der Waals surface area contributed by atoms with Gasteiger partial charge in [-0.1, -0.05) is 11.2 Å². The number of likely N-dealkylation sites (tertiary alicyclic amines) is 1. The Bertz CT molecular complexity index is 1080. The third kappa shape index (κ3) is 4.40. The van der Waals surface area contributed by atoms with Gasteiger partial charge in [-0.05, 0) is 43.2 Å². The van der Waals surface area contributed by atoms with Gasteiger partial charge in [0, 0.05) is 36.1 Å². The van der Waals surface area contributed by atoms with Crippen LogP contribution in [0.5, 0.6) is 0 Å². The maximum Gasteiger partial charge on any atom is 0.319 e. The highest BCUT2D eigenvalue weighted by atomic mass is 19.1. The molecule has 1 aliphatic heterocycles. The minimum absolute atomic E-state index is 0.116. The molecule has 3 aromatic rings. The van der Waals surface area contributed by atoms with E-state index in [4.69, 9.17) is 4.52 Å². The molecule has 3 amide bonds. The summed E-state index contributed by atoms with van der Waals surface area (Å²) in [6.07, 6.45) is 1.39. The van der Waals surface area contributed by atoms with Crippen molar-refractivity contribution in [1.82, 2.24) is 15.4 Å². The predicted molar refractivity (Wildman–Crippen MR) is 106 cm³/mol. The standard InChI is InChI=1S/C21H20F2N4O3/c22-14-2-1-3-16(10-14)25-21(29)24-12-19(28)27-8-6-13(7-9-27)20-17-5-4-15(23)11-18(17)30-26-20/h1-5,10-11,13H,6-9,12H2,(H2,24,25,29). The lowest BCUT2D eigenvalue weighted by molar-refractivity contribution is -0.131. The number of halogens is 2. The number of rotatable bonds is 4. The van der Waals surface area contributed by atoms with Gasteiger partial charge in [-0.15, -0.1) is 0 Å². The van der Waals surface area contributed by atoms with Gasteiger partial charge in [0.05, 0.1) is 12.2 Å². The molecule has 0 spiro atoms. The molecule has 1 fully saturated rings. The summed E-state index contributed by atoms with van der Waals surface area (Å²) in [7, 11) is 0. The van der Waals surface area contributed by atoms with Crippen molar-refractivity contribution in [3.05, 3.63) is 59.8 Å². The molecule has 2 N–H and O–H groups in total. The fourth-order valence-corrected chi connectivity index (χ4v) is 3.64. The average Bonchev–Trinajstić information content (AvgIpc) is 3.15. The van der Waals surface area contributed by atoms with Crippen LogP contribution in [0.2, 0.25) is 0 Å². The molecule has 1 aromatic heterocycles. The summed E-state index contributed by atoms with van der Waals surface area (Å²) < 4.78 is 31.7. The number of fused-ring (bicyclic) bond motifs is 1. The Hall–Kier alpha value is -3.49. The maximum absolute atomic E-state index is 13.3. The molecule has 1 aliphatic rings. The molecule has 0 radical (unpaired) electrons. The van der Waals surface area contributed by atoms with E-state index in [-0.39, 0.29) is 24.2 Å². The Morgan fingerprint density at radius 1 is 1.10 bits per heavy atom. The fourth-order valence-electron chi connectivity index (χ4n) is 3.64. The molecule has 7 nitrogen and oxygen atoms in total. The number of nitrogens with one attached hydrogen (secondary N) is 2. The number of urea groups is 1. The molecule has 0 bridgehead atoms. The van der Waals surface area contributed by atoms with Crippen molar-refractivity contribution in [2.24, 2.45) is 0 Å². The second-order valence-electron chi connectivity index (χ2n) is 7.18. The van der Waals surface area contributed by atoms with Crippen LogP contribution in [-0.2, 0) is 4.79 Å². The van der Waals surface area contributed by atoms with Gasteiger partial charge in [0.2, 0.25) is 5.91 Å². The minimum Gasteiger partial charge on any atom is -0.356 e. The SMILES string of the molecule is O=C(NCC(=O)N1CCC(c2noc3cc(F)ccc23)CC1)Nc1cccc(F)c1. The molecule has 2 aromatic carbocycles. The highest BCUT2D eigenvalue weighted by Crippen LogP contribution is 2.32. The van der Waals surface area contributed by atoms with Crippen molar-refractivity contribution in [3.8, 4) is 0 Å². The van der Waals surface area contributed by atoms with E-state index in [9.17, 15) is 18.4 Å². The molecule has 30 heavy (non-hydrogen) atoms. The molecule has 0 aliphatic carbocycles. The lowest BCUT2D eigenvalue weighted by atomic mass is 9.91. The molecular weight excluding hydrogens is 394 g/mol. The summed E-state index contributed by atoms with van der Waals surface area (Å²) in [6.45, 7) is 0.885. The zero-order valence-electron chi connectivity index (χ0n) is 16.0. The van der Waals surface area contributed by atoms with Crippen LogP contribution in [0.4, 0.5) is 19.3 Å². The number of amides is 3. The first-order valence-electron chi connectivity index (χ1n) is 9.62. The summed E-state index contributed by atoms with van der Waals surface area (Å²) >= 11 is 0. The quantitative estimate of drug-likeness (QED) is 0.683. The van der Waals surface area contributed by atoms with Crippen molar-refractivity contribution in [2.75, 3.05) is 25.0 Å². The Morgan fingerprint density at radius 2 is 1.87 bits per heavy atom. The van der Waals surface area contributed by atoms with E-state index in [1.54, 1.807) is 17.0 Å². The Balaban J connectivity index is 1.27. The van der Waals surface area contributed by atoms with Gasteiger partial charge >= 0.3 is 6.03 Å². The second-order valence-corrected chi connectivity index (χ2v) is 7.18. The number of piperidine rings is 1. The van der Waals surface area contributed by atoms with E-state index < -0.39 is 11.8 Å². The van der Waals surface area contributed by atoms with E-state index in [0.29, 0.717) is 37.2 Å². The lowest BCUT2D eigenvalue weighted by Gasteiger charge is -2.31.